The first kappa shape index (κ1) is 27.7. The molecule has 31 heavy (non-hydrogen) atoms. The number of fused-ring (bicyclic) bond motifs is 1. The van der Waals surface area contributed by atoms with Gasteiger partial charge >= 0.3 is 204 Å². The Kier molecular flexibility index (Phi) is 10.9. The van der Waals surface area contributed by atoms with Gasteiger partial charge in [-0.05, 0) is 0 Å². The standard InChI is InChI=1S/C15H23OSSi.3C4H9.Sn/c1-15(2,3)18(4,5)16-11-12-6-7-14-13(10-12)8-9-17-14;3*1-3-4-2;/h8,10H,6-7,11H2,1-5H3;3*1,3-4H2,2H3;. The predicted molar refractivity (Wildman–Crippen MR) is 148 cm³/mol. The van der Waals surface area contributed by atoms with Gasteiger partial charge in [-0.2, -0.15) is 0 Å². The number of hydrogen-bond donors (Lipinski definition) is 0. The molecule has 0 N–H and O–H groups in total. The zero-order valence-corrected chi connectivity index (χ0v) is 26.6. The maximum atomic E-state index is 6.57. The van der Waals surface area contributed by atoms with Crippen LogP contribution in [0.1, 0.15) is 96.9 Å². The molecule has 4 heteroatoms. The van der Waals surface area contributed by atoms with Crippen LogP contribution >= 0.6 is 11.3 Å². The summed E-state index contributed by atoms with van der Waals surface area (Å²) in [6.07, 6.45) is 13.4. The Balaban J connectivity index is 2.26. The molecule has 0 saturated carbocycles. The molecule has 0 unspecified atom stereocenters. The van der Waals surface area contributed by atoms with E-state index in [0.29, 0.717) is 0 Å². The van der Waals surface area contributed by atoms with Crippen molar-refractivity contribution in [2.75, 3.05) is 6.61 Å². The summed E-state index contributed by atoms with van der Waals surface area (Å²) < 4.78 is 13.2. The second kappa shape index (κ2) is 12.2. The molecule has 1 aliphatic rings. The third-order valence-electron chi connectivity index (χ3n) is 7.85. The van der Waals surface area contributed by atoms with Crippen LogP contribution in [0.5, 0.6) is 0 Å². The molecule has 0 radical (unpaired) electrons. The topological polar surface area (TPSA) is 9.23 Å². The number of rotatable bonds is 13. The van der Waals surface area contributed by atoms with Crippen molar-refractivity contribution < 1.29 is 4.43 Å². The quantitative estimate of drug-likeness (QED) is 0.215. The second-order valence-electron chi connectivity index (χ2n) is 11.4. The van der Waals surface area contributed by atoms with Gasteiger partial charge in [-0.3, -0.25) is 0 Å². The zero-order valence-electron chi connectivity index (χ0n) is 22.0. The summed E-state index contributed by atoms with van der Waals surface area (Å²) in [6.45, 7) is 19.8. The molecule has 1 aromatic rings. The summed E-state index contributed by atoms with van der Waals surface area (Å²) in [5.41, 5.74) is 3.09. The molecular formula is C27H50OSSiSn. The average molecular weight is 570 g/mol. The van der Waals surface area contributed by atoms with E-state index < -0.39 is 26.7 Å². The molecule has 0 bridgehead atoms. The van der Waals surface area contributed by atoms with Crippen LogP contribution in [-0.4, -0.2) is 33.3 Å². The molecule has 1 aliphatic carbocycles. The van der Waals surface area contributed by atoms with E-state index in [1.807, 2.05) is 2.89 Å². The van der Waals surface area contributed by atoms with Gasteiger partial charge in [0.25, 0.3) is 0 Å². The number of thiophene rings is 1. The molecule has 2 rings (SSSR count). The monoisotopic (exact) mass is 570 g/mol. The molecule has 0 saturated heterocycles. The molecule has 0 atom stereocenters. The van der Waals surface area contributed by atoms with Crippen LogP contribution in [0.25, 0.3) is 6.08 Å². The van der Waals surface area contributed by atoms with Crippen molar-refractivity contribution >= 4 is 47.0 Å². The Labute approximate surface area is 203 Å². The van der Waals surface area contributed by atoms with Gasteiger partial charge in [0.2, 0.25) is 0 Å². The van der Waals surface area contributed by atoms with Crippen molar-refractivity contribution in [3.8, 4) is 0 Å². The predicted octanol–water partition coefficient (Wildman–Crippen LogP) is 9.16. The van der Waals surface area contributed by atoms with E-state index >= 15 is 0 Å². The third kappa shape index (κ3) is 7.45. The minimum atomic E-state index is -2.30. The van der Waals surface area contributed by atoms with Crippen molar-refractivity contribution in [2.45, 2.75) is 124 Å². The fourth-order valence-electron chi connectivity index (χ4n) is 4.48. The fourth-order valence-corrected chi connectivity index (χ4v) is 25.9. The molecule has 178 valence electrons. The van der Waals surface area contributed by atoms with Crippen molar-refractivity contribution in [3.63, 3.8) is 0 Å². The Morgan fingerprint density at radius 1 is 0.935 bits per heavy atom. The zero-order chi connectivity index (χ0) is 23.1. The summed E-state index contributed by atoms with van der Waals surface area (Å²) in [4.78, 5) is 1.68. The van der Waals surface area contributed by atoms with Crippen LogP contribution in [0.2, 0.25) is 31.4 Å². The van der Waals surface area contributed by atoms with Gasteiger partial charge in [0.15, 0.2) is 0 Å². The van der Waals surface area contributed by atoms with E-state index in [1.165, 1.54) is 56.9 Å². The Hall–Kier alpha value is 0.416. The van der Waals surface area contributed by atoms with E-state index in [4.69, 9.17) is 4.43 Å². The van der Waals surface area contributed by atoms with Crippen LogP contribution in [-0.2, 0) is 10.8 Å². The molecule has 0 fully saturated rings. The Morgan fingerprint density at radius 2 is 1.48 bits per heavy atom. The molecule has 1 nitrogen and oxygen atoms in total. The van der Waals surface area contributed by atoms with Gasteiger partial charge in [-0.15, -0.1) is 0 Å². The first-order valence-electron chi connectivity index (χ1n) is 13.0. The molecule has 0 aromatic carbocycles. The molecule has 0 spiro atoms. The number of hydrogen-bond acceptors (Lipinski definition) is 2. The Bertz CT molecular complexity index is 692. The van der Waals surface area contributed by atoms with Crippen LogP contribution in [0, 0.1) is 0 Å². The molecule has 0 aliphatic heterocycles. The van der Waals surface area contributed by atoms with Gasteiger partial charge in [-0.1, -0.05) is 0 Å². The summed E-state index contributed by atoms with van der Waals surface area (Å²) >= 11 is -0.0580. The van der Waals surface area contributed by atoms with Crippen LogP contribution in [0.4, 0.5) is 0 Å². The summed E-state index contributed by atoms with van der Waals surface area (Å²) in [6, 6.07) is 2.68. The fraction of sp³-hybridized carbons (Fsp3) is 0.778. The first-order chi connectivity index (χ1) is 14.6. The van der Waals surface area contributed by atoms with Gasteiger partial charge in [0.1, 0.15) is 0 Å². The SMILES string of the molecule is CCC[CH2][Sn]([CH2]CCC)([CH2]CCC)[c]1cc2c(s1)CCC(CO[Si](C)(C)C(C)(C)C)=C2. The average Bonchev–Trinajstić information content (AvgIpc) is 3.15. The normalized spacial score (nSPS) is 15.2. The van der Waals surface area contributed by atoms with Crippen LogP contribution in [0.3, 0.4) is 0 Å². The first-order valence-corrected chi connectivity index (χ1v) is 24.3. The minimum absolute atomic E-state index is 0.287. The van der Waals surface area contributed by atoms with Crippen molar-refractivity contribution in [1.82, 2.24) is 0 Å². The molecule has 0 amide bonds. The summed E-state index contributed by atoms with van der Waals surface area (Å²) in [5.74, 6) is 0. The summed E-state index contributed by atoms with van der Waals surface area (Å²) in [7, 11) is -1.68. The van der Waals surface area contributed by atoms with Gasteiger partial charge < -0.3 is 0 Å². The third-order valence-corrected chi connectivity index (χ3v) is 31.7. The Morgan fingerprint density at radius 3 is 1.97 bits per heavy atom. The number of aryl methyl sites for hydroxylation is 1. The van der Waals surface area contributed by atoms with E-state index in [2.05, 4.69) is 78.1 Å². The second-order valence-corrected chi connectivity index (χ2v) is 31.5. The maximum absolute atomic E-state index is 6.57. The van der Waals surface area contributed by atoms with Gasteiger partial charge in [0.05, 0.1) is 0 Å². The number of unbranched alkanes of at least 4 members (excludes halogenated alkanes) is 3. The van der Waals surface area contributed by atoms with E-state index in [1.54, 1.807) is 23.8 Å². The van der Waals surface area contributed by atoms with E-state index in [-0.39, 0.29) is 5.04 Å². The molecular weight excluding hydrogens is 519 g/mol. The van der Waals surface area contributed by atoms with Gasteiger partial charge in [0, 0.05) is 0 Å². The van der Waals surface area contributed by atoms with E-state index in [9.17, 15) is 0 Å². The molecule has 1 heterocycles. The van der Waals surface area contributed by atoms with Gasteiger partial charge in [-0.25, -0.2) is 0 Å². The summed E-state index contributed by atoms with van der Waals surface area (Å²) in [5, 5.41) is 0.287. The molecule has 1 aromatic heterocycles. The van der Waals surface area contributed by atoms with E-state index in [0.717, 1.165) is 6.61 Å². The van der Waals surface area contributed by atoms with Crippen molar-refractivity contribution in [3.05, 3.63) is 22.1 Å². The van der Waals surface area contributed by atoms with Crippen molar-refractivity contribution in [2.24, 2.45) is 0 Å². The van der Waals surface area contributed by atoms with Crippen LogP contribution < -0.4 is 2.89 Å². The van der Waals surface area contributed by atoms with Crippen molar-refractivity contribution in [1.29, 1.82) is 0 Å². The van der Waals surface area contributed by atoms with Crippen LogP contribution in [0.15, 0.2) is 11.6 Å².